The number of aromatic carboxylic acids is 1. The highest BCUT2D eigenvalue weighted by Gasteiger charge is 2.22. The Morgan fingerprint density at radius 3 is 3.05 bits per heavy atom. The molecule has 1 unspecified atom stereocenters. The highest BCUT2D eigenvalue weighted by atomic mass is 16.4. The Labute approximate surface area is 113 Å². The summed E-state index contributed by atoms with van der Waals surface area (Å²) in [4.78, 5) is 19.8. The largest absolute Gasteiger partial charge is 0.478 e. The summed E-state index contributed by atoms with van der Waals surface area (Å²) in [5, 5.41) is 12.3. The smallest absolute Gasteiger partial charge is 0.339 e. The predicted molar refractivity (Wildman–Crippen MR) is 73.6 cm³/mol. The average Bonchev–Trinajstić information content (AvgIpc) is 2.40. The van der Waals surface area contributed by atoms with Crippen LogP contribution in [0.2, 0.25) is 0 Å². The number of carboxylic acid groups (broad SMARTS) is 1. The van der Waals surface area contributed by atoms with Gasteiger partial charge in [-0.1, -0.05) is 0 Å². The molecule has 1 aromatic rings. The van der Waals surface area contributed by atoms with E-state index in [4.69, 9.17) is 5.11 Å². The monoisotopic (exact) mass is 264 g/mol. The maximum absolute atomic E-state index is 11.1. The van der Waals surface area contributed by atoms with Gasteiger partial charge in [-0.2, -0.15) is 0 Å². The summed E-state index contributed by atoms with van der Waals surface area (Å²) < 4.78 is 0. The molecule has 0 aromatic carbocycles. The molecule has 0 saturated carbocycles. The summed E-state index contributed by atoms with van der Waals surface area (Å²) in [5.41, 5.74) is 0.217. The zero-order chi connectivity index (χ0) is 13.8. The number of rotatable bonds is 4. The first kappa shape index (κ1) is 13.8. The molecule has 2 N–H and O–H groups in total. The number of nitrogens with one attached hydrogen (secondary N) is 1. The van der Waals surface area contributed by atoms with Crippen LogP contribution in [0.4, 0.5) is 5.82 Å². The molecule has 2 rings (SSSR count). The molecule has 1 atom stereocenters. The standard InChI is InChI=1S/C13H20N4O2/c1-16-6-7-17(2)10(9-16)8-15-12-11(13(18)19)4-3-5-14-12/h3-5,10H,6-9H2,1-2H3,(H,14,15)(H,18,19). The van der Waals surface area contributed by atoms with Crippen LogP contribution in [0.5, 0.6) is 0 Å². The first-order chi connectivity index (χ1) is 9.08. The van der Waals surface area contributed by atoms with E-state index >= 15 is 0 Å². The minimum Gasteiger partial charge on any atom is -0.478 e. The Balaban J connectivity index is 2.00. The third kappa shape index (κ3) is 3.42. The Morgan fingerprint density at radius 2 is 2.32 bits per heavy atom. The molecule has 2 heterocycles. The molecular formula is C13H20N4O2. The molecule has 104 valence electrons. The first-order valence-electron chi connectivity index (χ1n) is 6.39. The highest BCUT2D eigenvalue weighted by molar-refractivity contribution is 5.92. The van der Waals surface area contributed by atoms with Crippen molar-refractivity contribution in [3.63, 3.8) is 0 Å². The van der Waals surface area contributed by atoms with Crippen molar-refractivity contribution in [2.24, 2.45) is 0 Å². The molecule has 1 saturated heterocycles. The van der Waals surface area contributed by atoms with Gasteiger partial charge in [0.1, 0.15) is 11.4 Å². The van der Waals surface area contributed by atoms with Gasteiger partial charge in [0, 0.05) is 38.4 Å². The van der Waals surface area contributed by atoms with E-state index in [1.54, 1.807) is 18.3 Å². The van der Waals surface area contributed by atoms with Crippen molar-refractivity contribution >= 4 is 11.8 Å². The maximum Gasteiger partial charge on any atom is 0.339 e. The number of nitrogens with zero attached hydrogens (tertiary/aromatic N) is 3. The minimum atomic E-state index is -0.954. The average molecular weight is 264 g/mol. The van der Waals surface area contributed by atoms with Gasteiger partial charge in [-0.3, -0.25) is 4.90 Å². The molecule has 1 aliphatic heterocycles. The summed E-state index contributed by atoms with van der Waals surface area (Å²) in [5.74, 6) is -0.513. The van der Waals surface area contributed by atoms with Crippen LogP contribution < -0.4 is 5.32 Å². The molecule has 19 heavy (non-hydrogen) atoms. The molecular weight excluding hydrogens is 244 g/mol. The van der Waals surface area contributed by atoms with Crippen LogP contribution in [0.15, 0.2) is 18.3 Å². The second-order valence-corrected chi connectivity index (χ2v) is 4.98. The molecule has 0 spiro atoms. The van der Waals surface area contributed by atoms with E-state index in [1.807, 2.05) is 0 Å². The van der Waals surface area contributed by atoms with Crippen molar-refractivity contribution in [2.45, 2.75) is 6.04 Å². The van der Waals surface area contributed by atoms with Crippen LogP contribution in [0, 0.1) is 0 Å². The fraction of sp³-hybridized carbons (Fsp3) is 0.538. The normalized spacial score (nSPS) is 21.3. The first-order valence-corrected chi connectivity index (χ1v) is 6.39. The maximum atomic E-state index is 11.1. The summed E-state index contributed by atoms with van der Waals surface area (Å²) >= 11 is 0. The van der Waals surface area contributed by atoms with Gasteiger partial charge in [0.15, 0.2) is 0 Å². The molecule has 1 aromatic heterocycles. The van der Waals surface area contributed by atoms with Crippen molar-refractivity contribution < 1.29 is 9.90 Å². The van der Waals surface area contributed by atoms with Gasteiger partial charge < -0.3 is 15.3 Å². The molecule has 6 heteroatoms. The molecule has 1 fully saturated rings. The number of hydrogen-bond acceptors (Lipinski definition) is 5. The zero-order valence-electron chi connectivity index (χ0n) is 11.3. The van der Waals surface area contributed by atoms with Crippen LogP contribution in [-0.2, 0) is 0 Å². The number of hydrogen-bond donors (Lipinski definition) is 2. The Bertz CT molecular complexity index is 452. The Kier molecular flexibility index (Phi) is 4.34. The highest BCUT2D eigenvalue weighted by Crippen LogP contribution is 2.13. The summed E-state index contributed by atoms with van der Waals surface area (Å²) in [7, 11) is 4.19. The van der Waals surface area contributed by atoms with Crippen LogP contribution in [0.3, 0.4) is 0 Å². The summed E-state index contributed by atoms with van der Waals surface area (Å²) in [6.07, 6.45) is 1.60. The van der Waals surface area contributed by atoms with Crippen molar-refractivity contribution in [1.82, 2.24) is 14.8 Å². The van der Waals surface area contributed by atoms with Gasteiger partial charge in [0.25, 0.3) is 0 Å². The van der Waals surface area contributed by atoms with Gasteiger partial charge in [0.05, 0.1) is 0 Å². The van der Waals surface area contributed by atoms with Crippen LogP contribution in [0.1, 0.15) is 10.4 Å². The van der Waals surface area contributed by atoms with Crippen molar-refractivity contribution in [2.75, 3.05) is 45.6 Å². The molecule has 1 aliphatic rings. The molecule has 0 bridgehead atoms. The van der Waals surface area contributed by atoms with Crippen LogP contribution in [0.25, 0.3) is 0 Å². The van der Waals surface area contributed by atoms with Crippen molar-refractivity contribution in [3.8, 4) is 0 Å². The number of aromatic nitrogens is 1. The van der Waals surface area contributed by atoms with Crippen LogP contribution in [-0.4, -0.2) is 72.2 Å². The number of carbonyl (C=O) groups is 1. The number of carboxylic acids is 1. The fourth-order valence-corrected chi connectivity index (χ4v) is 2.26. The van der Waals surface area contributed by atoms with Gasteiger partial charge in [0.2, 0.25) is 0 Å². The van der Waals surface area contributed by atoms with Gasteiger partial charge >= 0.3 is 5.97 Å². The second kappa shape index (κ2) is 5.99. The quantitative estimate of drug-likeness (QED) is 0.822. The van der Waals surface area contributed by atoms with E-state index < -0.39 is 5.97 Å². The summed E-state index contributed by atoms with van der Waals surface area (Å²) in [6.45, 7) is 3.75. The van der Waals surface area contributed by atoms with Gasteiger partial charge in [-0.05, 0) is 26.2 Å². The van der Waals surface area contributed by atoms with E-state index in [0.717, 1.165) is 19.6 Å². The van der Waals surface area contributed by atoms with E-state index in [-0.39, 0.29) is 5.56 Å². The second-order valence-electron chi connectivity index (χ2n) is 4.98. The lowest BCUT2D eigenvalue weighted by Crippen LogP contribution is -2.52. The van der Waals surface area contributed by atoms with Crippen LogP contribution >= 0.6 is 0 Å². The fourth-order valence-electron chi connectivity index (χ4n) is 2.26. The van der Waals surface area contributed by atoms with Crippen molar-refractivity contribution in [1.29, 1.82) is 0 Å². The van der Waals surface area contributed by atoms with E-state index in [0.29, 0.717) is 18.4 Å². The summed E-state index contributed by atoms with van der Waals surface area (Å²) in [6, 6.07) is 3.56. The Hall–Kier alpha value is -1.66. The third-order valence-electron chi connectivity index (χ3n) is 3.52. The topological polar surface area (TPSA) is 68.7 Å². The third-order valence-corrected chi connectivity index (χ3v) is 3.52. The Morgan fingerprint density at radius 1 is 1.53 bits per heavy atom. The lowest BCUT2D eigenvalue weighted by molar-refractivity contribution is 0.0697. The zero-order valence-corrected chi connectivity index (χ0v) is 11.3. The van der Waals surface area contributed by atoms with E-state index in [2.05, 4.69) is 34.2 Å². The molecule has 0 radical (unpaired) electrons. The number of likely N-dealkylation sites (N-methyl/N-ethyl adjacent to an activating group) is 2. The number of anilines is 1. The lowest BCUT2D eigenvalue weighted by Gasteiger charge is -2.37. The number of pyridine rings is 1. The van der Waals surface area contributed by atoms with Crippen molar-refractivity contribution in [3.05, 3.63) is 23.9 Å². The van der Waals surface area contributed by atoms with Gasteiger partial charge in [-0.15, -0.1) is 0 Å². The molecule has 0 amide bonds. The van der Waals surface area contributed by atoms with E-state index in [1.165, 1.54) is 0 Å². The van der Waals surface area contributed by atoms with Gasteiger partial charge in [-0.25, -0.2) is 9.78 Å². The number of piperazine rings is 1. The SMILES string of the molecule is CN1CCN(C)C(CNc2ncccc2C(=O)O)C1. The molecule has 6 nitrogen and oxygen atoms in total. The minimum absolute atomic E-state index is 0.217. The lowest BCUT2D eigenvalue weighted by atomic mass is 10.2. The molecule has 0 aliphatic carbocycles. The van der Waals surface area contributed by atoms with E-state index in [9.17, 15) is 4.79 Å². The predicted octanol–water partition coefficient (Wildman–Crippen LogP) is 0.438.